The van der Waals surface area contributed by atoms with E-state index >= 15 is 0 Å². The molecule has 2 aromatic carbocycles. The van der Waals surface area contributed by atoms with E-state index in [0.717, 1.165) is 0 Å². The van der Waals surface area contributed by atoms with Crippen molar-refractivity contribution >= 4 is 15.7 Å². The van der Waals surface area contributed by atoms with Gasteiger partial charge in [-0.05, 0) is 54.6 Å². The van der Waals surface area contributed by atoms with Crippen molar-refractivity contribution in [1.29, 1.82) is 0 Å². The Balaban J connectivity index is 1.45. The van der Waals surface area contributed by atoms with Gasteiger partial charge in [0.05, 0.1) is 7.11 Å². The molecule has 0 fully saturated rings. The Bertz CT molecular complexity index is 1220. The zero-order valence-corrected chi connectivity index (χ0v) is 16.8. The Labute approximate surface area is 173 Å². The fraction of sp³-hybridized carbons (Fsp3) is 0.0476. The van der Waals surface area contributed by atoms with Gasteiger partial charge in [-0.1, -0.05) is 12.1 Å². The quantitative estimate of drug-likeness (QED) is 0.486. The van der Waals surface area contributed by atoms with Crippen LogP contribution >= 0.6 is 0 Å². The molecule has 0 aliphatic heterocycles. The molecule has 8 nitrogen and oxygen atoms in total. The minimum Gasteiger partial charge on any atom is -0.495 e. The first kappa shape index (κ1) is 19.5. The lowest BCUT2D eigenvalue weighted by atomic mass is 10.3. The summed E-state index contributed by atoms with van der Waals surface area (Å²) in [5, 5.41) is 8.17. The number of aromatic nitrogens is 3. The number of methoxy groups -OCH3 is 1. The van der Waals surface area contributed by atoms with Crippen molar-refractivity contribution in [2.75, 3.05) is 11.8 Å². The van der Waals surface area contributed by atoms with E-state index in [2.05, 4.69) is 14.9 Å². The van der Waals surface area contributed by atoms with Crippen LogP contribution in [0.4, 0.5) is 5.69 Å². The predicted molar refractivity (Wildman–Crippen MR) is 112 cm³/mol. The smallest absolute Gasteiger partial charge is 0.265 e. The van der Waals surface area contributed by atoms with Gasteiger partial charge in [-0.3, -0.25) is 4.72 Å². The van der Waals surface area contributed by atoms with Gasteiger partial charge < -0.3 is 14.0 Å². The number of nitrogens with zero attached hydrogens (tertiary/aromatic N) is 3. The number of ether oxygens (including phenoxy) is 2. The summed E-state index contributed by atoms with van der Waals surface area (Å²) in [4.78, 5) is 0.0610. The highest BCUT2D eigenvalue weighted by atomic mass is 32.2. The van der Waals surface area contributed by atoms with Crippen molar-refractivity contribution in [2.24, 2.45) is 0 Å². The highest BCUT2D eigenvalue weighted by Crippen LogP contribution is 2.27. The zero-order valence-electron chi connectivity index (χ0n) is 16.0. The summed E-state index contributed by atoms with van der Waals surface area (Å²) in [6, 6.07) is 20.2. The van der Waals surface area contributed by atoms with Crippen molar-refractivity contribution < 1.29 is 17.9 Å². The number of anilines is 1. The van der Waals surface area contributed by atoms with Crippen LogP contribution in [0.1, 0.15) is 0 Å². The highest BCUT2D eigenvalue weighted by molar-refractivity contribution is 7.92. The van der Waals surface area contributed by atoms with E-state index in [0.29, 0.717) is 23.1 Å². The molecule has 1 N–H and O–H groups in total. The molecule has 0 atom stereocenters. The number of nitrogens with one attached hydrogen (secondary N) is 1. The summed E-state index contributed by atoms with van der Waals surface area (Å²) in [7, 11) is -2.37. The van der Waals surface area contributed by atoms with Crippen molar-refractivity contribution in [3.63, 3.8) is 0 Å². The Kier molecular flexibility index (Phi) is 5.36. The standard InChI is InChI=1S/C21H18N4O4S/c1-28-18-6-2-3-7-19(18)30(26,27)24-16-8-10-17(11-9-16)29-21-13-12-20(22-23-21)25-14-4-5-15-25/h2-15,24H,1H3. The number of hydrogen-bond donors (Lipinski definition) is 1. The van der Waals surface area contributed by atoms with Crippen molar-refractivity contribution in [2.45, 2.75) is 4.90 Å². The normalized spacial score (nSPS) is 11.1. The van der Waals surface area contributed by atoms with Crippen molar-refractivity contribution in [3.8, 4) is 23.2 Å². The third-order valence-electron chi connectivity index (χ3n) is 4.18. The van der Waals surface area contributed by atoms with Gasteiger partial charge >= 0.3 is 0 Å². The molecule has 0 aliphatic rings. The summed E-state index contributed by atoms with van der Waals surface area (Å²) in [5.74, 6) is 1.77. The molecule has 0 unspecified atom stereocenters. The van der Waals surface area contributed by atoms with Crippen LogP contribution in [0.25, 0.3) is 5.82 Å². The fourth-order valence-corrected chi connectivity index (χ4v) is 3.99. The van der Waals surface area contributed by atoms with Crippen LogP contribution in [0.3, 0.4) is 0 Å². The molecule has 4 aromatic rings. The number of hydrogen-bond acceptors (Lipinski definition) is 6. The summed E-state index contributed by atoms with van der Waals surface area (Å²) < 4.78 is 40.5. The van der Waals surface area contributed by atoms with E-state index in [4.69, 9.17) is 9.47 Å². The molecular formula is C21H18N4O4S. The van der Waals surface area contributed by atoms with E-state index < -0.39 is 10.0 Å². The summed E-state index contributed by atoms with van der Waals surface area (Å²) >= 11 is 0. The van der Waals surface area contributed by atoms with E-state index in [1.807, 2.05) is 29.1 Å². The molecule has 0 spiro atoms. The first-order valence-electron chi connectivity index (χ1n) is 8.96. The van der Waals surface area contributed by atoms with E-state index in [-0.39, 0.29) is 10.6 Å². The predicted octanol–water partition coefficient (Wildman–Crippen LogP) is 3.87. The van der Waals surface area contributed by atoms with Gasteiger partial charge in [-0.15, -0.1) is 10.2 Å². The second kappa shape index (κ2) is 8.26. The van der Waals surface area contributed by atoms with Gasteiger partial charge in [0, 0.05) is 24.1 Å². The molecular weight excluding hydrogens is 404 g/mol. The first-order chi connectivity index (χ1) is 14.5. The van der Waals surface area contributed by atoms with E-state index in [9.17, 15) is 8.42 Å². The topological polar surface area (TPSA) is 95.3 Å². The molecule has 30 heavy (non-hydrogen) atoms. The van der Waals surface area contributed by atoms with Gasteiger partial charge in [0.2, 0.25) is 5.88 Å². The van der Waals surface area contributed by atoms with Crippen LogP contribution in [0, 0.1) is 0 Å². The van der Waals surface area contributed by atoms with Crippen molar-refractivity contribution in [3.05, 3.63) is 85.2 Å². The Hall–Kier alpha value is -3.85. The maximum atomic E-state index is 12.6. The SMILES string of the molecule is COc1ccccc1S(=O)(=O)Nc1ccc(Oc2ccc(-n3cccc3)nn2)cc1. The Morgan fingerprint density at radius 3 is 2.27 bits per heavy atom. The number of rotatable bonds is 7. The second-order valence-electron chi connectivity index (χ2n) is 6.20. The maximum Gasteiger partial charge on any atom is 0.265 e. The molecule has 0 aliphatic carbocycles. The minimum atomic E-state index is -3.79. The van der Waals surface area contributed by atoms with Crippen LogP contribution in [0.2, 0.25) is 0 Å². The Morgan fingerprint density at radius 2 is 1.60 bits per heavy atom. The molecule has 0 radical (unpaired) electrons. The lowest BCUT2D eigenvalue weighted by molar-refractivity contribution is 0.403. The molecule has 0 bridgehead atoms. The fourth-order valence-electron chi connectivity index (χ4n) is 2.76. The molecule has 152 valence electrons. The number of para-hydroxylation sites is 1. The average molecular weight is 422 g/mol. The van der Waals surface area contributed by atoms with Crippen LogP contribution in [0.5, 0.6) is 17.4 Å². The summed E-state index contributed by atoms with van der Waals surface area (Å²) in [6.07, 6.45) is 3.74. The molecule has 0 saturated heterocycles. The maximum absolute atomic E-state index is 12.6. The van der Waals surface area contributed by atoms with Crippen LogP contribution in [-0.2, 0) is 10.0 Å². The third-order valence-corrected chi connectivity index (χ3v) is 5.60. The molecule has 4 rings (SSSR count). The molecule has 9 heteroatoms. The van der Waals surface area contributed by atoms with Gasteiger partial charge in [0.1, 0.15) is 16.4 Å². The molecule has 0 saturated carbocycles. The summed E-state index contributed by atoms with van der Waals surface area (Å²) in [6.45, 7) is 0. The Morgan fingerprint density at radius 1 is 0.867 bits per heavy atom. The second-order valence-corrected chi connectivity index (χ2v) is 7.85. The monoisotopic (exact) mass is 422 g/mol. The molecule has 2 aromatic heterocycles. The van der Waals surface area contributed by atoms with E-state index in [1.54, 1.807) is 54.6 Å². The third kappa shape index (κ3) is 4.26. The van der Waals surface area contributed by atoms with Gasteiger partial charge in [-0.25, -0.2) is 8.42 Å². The van der Waals surface area contributed by atoms with Crippen LogP contribution in [0.15, 0.2) is 90.1 Å². The lowest BCUT2D eigenvalue weighted by Gasteiger charge is -2.12. The van der Waals surface area contributed by atoms with Gasteiger partial charge in [0.15, 0.2) is 5.82 Å². The van der Waals surface area contributed by atoms with Crippen LogP contribution in [-0.4, -0.2) is 30.3 Å². The zero-order chi connectivity index (χ0) is 21.0. The molecule has 0 amide bonds. The van der Waals surface area contributed by atoms with Crippen LogP contribution < -0.4 is 14.2 Å². The highest BCUT2D eigenvalue weighted by Gasteiger charge is 2.19. The van der Waals surface area contributed by atoms with Gasteiger partial charge in [0.25, 0.3) is 10.0 Å². The lowest BCUT2D eigenvalue weighted by Crippen LogP contribution is -2.13. The number of sulfonamides is 1. The van der Waals surface area contributed by atoms with E-state index in [1.165, 1.54) is 13.2 Å². The average Bonchev–Trinajstić information content (AvgIpc) is 3.30. The largest absolute Gasteiger partial charge is 0.495 e. The minimum absolute atomic E-state index is 0.0610. The molecule has 2 heterocycles. The van der Waals surface area contributed by atoms with Gasteiger partial charge in [-0.2, -0.15) is 0 Å². The number of benzene rings is 2. The van der Waals surface area contributed by atoms with Crippen molar-refractivity contribution in [1.82, 2.24) is 14.8 Å². The summed E-state index contributed by atoms with van der Waals surface area (Å²) in [5.41, 5.74) is 0.391. The first-order valence-corrected chi connectivity index (χ1v) is 10.4.